The topological polar surface area (TPSA) is 0 Å². The van der Waals surface area contributed by atoms with Crippen molar-refractivity contribution in [2.75, 3.05) is 0 Å². The molecule has 0 spiro atoms. The molecule has 0 heterocycles. The molecule has 0 aliphatic heterocycles. The van der Waals surface area contributed by atoms with Crippen LogP contribution in [0.1, 0.15) is 2.85 Å². The van der Waals surface area contributed by atoms with Gasteiger partial charge in [-0.1, -0.05) is 33.6 Å². The van der Waals surface area contributed by atoms with Crippen molar-refractivity contribution in [1.82, 2.24) is 0 Å². The monoisotopic (exact) mass is 216 g/mol. The third-order valence-electron chi connectivity index (χ3n) is 0.787. The van der Waals surface area contributed by atoms with Crippen LogP contribution >= 0.6 is 27.5 Å². The molecule has 0 saturated carbocycles. The Kier molecular flexibility index (Phi) is 4.94. The van der Waals surface area contributed by atoms with Crippen molar-refractivity contribution >= 4 is 50.6 Å². The normalized spacial score (nSPS) is 8.22. The molecule has 9 heavy (non-hydrogen) atoms. The second kappa shape index (κ2) is 4.55. The van der Waals surface area contributed by atoms with Crippen molar-refractivity contribution in [2.45, 2.75) is 0 Å². The van der Waals surface area contributed by atoms with E-state index in [0.29, 0.717) is 0 Å². The zero-order valence-corrected chi connectivity index (χ0v) is 8.53. The number of hydrogen-bond donors (Lipinski definition) is 0. The van der Waals surface area contributed by atoms with Crippen molar-refractivity contribution in [3.8, 4) is 0 Å². The van der Waals surface area contributed by atoms with Gasteiger partial charge < -0.3 is 2.85 Å². The summed E-state index contributed by atoms with van der Waals surface area (Å²) >= 11 is 8.89. The van der Waals surface area contributed by atoms with Gasteiger partial charge in [-0.25, -0.2) is 0 Å². The fraction of sp³-hybridized carbons (Fsp3) is 0. The van der Waals surface area contributed by atoms with Gasteiger partial charge in [-0.2, -0.15) is 0 Å². The largest absolute Gasteiger partial charge is 2.00 e. The summed E-state index contributed by atoms with van der Waals surface area (Å²) in [5.41, 5.74) is 0. The Bertz CT molecular complexity index is 180. The molecule has 0 nitrogen and oxygen atoms in total. The average molecular weight is 218 g/mol. The maximum atomic E-state index is 5.61. The molecule has 3 heteroatoms. The molecular weight excluding hydrogens is 212 g/mol. The smallest absolute Gasteiger partial charge is 1.00 e. The summed E-state index contributed by atoms with van der Waals surface area (Å²) in [6.07, 6.45) is 0. The van der Waals surface area contributed by atoms with E-state index in [-0.39, 0.29) is 25.9 Å². The number of rotatable bonds is 0. The fourth-order valence-corrected chi connectivity index (χ4v) is 1.18. The number of benzene rings is 1. The Labute approximate surface area is 86.8 Å². The molecule has 0 amide bonds. The molecule has 0 atom stereocenters. The van der Waals surface area contributed by atoms with Crippen LogP contribution < -0.4 is 0 Å². The van der Waals surface area contributed by atoms with Crippen LogP contribution in [-0.4, -0.2) is 23.1 Å². The van der Waals surface area contributed by atoms with E-state index in [2.05, 4.69) is 15.9 Å². The Morgan fingerprint density at radius 2 is 2.11 bits per heavy atom. The maximum Gasteiger partial charge on any atom is 2.00 e. The molecule has 0 aromatic heterocycles. The first-order valence-electron chi connectivity index (χ1n) is 2.20. The van der Waals surface area contributed by atoms with Crippen LogP contribution in [0, 0.1) is 0 Å². The minimum Gasteiger partial charge on any atom is -1.00 e. The molecule has 0 aliphatic carbocycles. The molecule has 0 N–H and O–H groups in total. The third kappa shape index (κ3) is 3.45. The van der Waals surface area contributed by atoms with E-state index in [1.54, 1.807) is 0 Å². The molecule has 46 valence electrons. The second-order valence-corrected chi connectivity index (χ2v) is 2.79. The number of halogens is 2. The quantitative estimate of drug-likeness (QED) is 0.587. The van der Waals surface area contributed by atoms with Gasteiger partial charge in [0.2, 0.25) is 0 Å². The average Bonchev–Trinajstić information content (AvgIpc) is 1.64. The van der Waals surface area contributed by atoms with Gasteiger partial charge in [-0.05, 0) is 18.2 Å². The van der Waals surface area contributed by atoms with Crippen molar-refractivity contribution in [1.29, 1.82) is 0 Å². The summed E-state index contributed by atoms with van der Waals surface area (Å²) < 4.78 is 1.02. The predicted molar refractivity (Wildman–Crippen MR) is 47.1 cm³/mol. The zero-order chi connectivity index (χ0) is 5.98. The van der Waals surface area contributed by atoms with E-state index >= 15 is 0 Å². The van der Waals surface area contributed by atoms with Gasteiger partial charge in [0.1, 0.15) is 0 Å². The van der Waals surface area contributed by atoms with Gasteiger partial charge in [0.05, 0.1) is 0 Å². The summed E-state index contributed by atoms with van der Waals surface area (Å²) in [7, 11) is 0. The van der Waals surface area contributed by atoms with Crippen LogP contribution in [0.25, 0.3) is 0 Å². The second-order valence-electron chi connectivity index (χ2n) is 1.44. The van der Waals surface area contributed by atoms with Crippen LogP contribution in [-0.2, 0) is 0 Å². The summed E-state index contributed by atoms with van der Waals surface area (Å²) in [5.74, 6) is 0. The molecule has 1 rings (SSSR count). The van der Waals surface area contributed by atoms with Gasteiger partial charge in [0, 0.05) is 9.50 Å². The van der Waals surface area contributed by atoms with Crippen molar-refractivity contribution < 1.29 is 2.85 Å². The third-order valence-corrected chi connectivity index (χ3v) is 1.52. The molecule has 1 aromatic carbocycles. The maximum absolute atomic E-state index is 5.61. The van der Waals surface area contributed by atoms with Crippen LogP contribution in [0.5, 0.6) is 0 Å². The summed E-state index contributed by atoms with van der Waals surface area (Å²) in [4.78, 5) is 0. The molecule has 0 bridgehead atoms. The summed E-state index contributed by atoms with van der Waals surface area (Å²) in [6, 6.07) is 7.52. The first-order valence-corrected chi connectivity index (χ1v) is 3.37. The Hall–Kier alpha value is 0.756. The molecular formula is C6H6BrClMg. The van der Waals surface area contributed by atoms with Gasteiger partial charge in [-0.3, -0.25) is 0 Å². The molecule has 0 radical (unpaired) electrons. The van der Waals surface area contributed by atoms with E-state index in [1.165, 1.54) is 0 Å². The van der Waals surface area contributed by atoms with Crippen LogP contribution in [0.4, 0.5) is 0 Å². The molecule has 1 aromatic rings. The van der Waals surface area contributed by atoms with Gasteiger partial charge in [0.25, 0.3) is 0 Å². The van der Waals surface area contributed by atoms with E-state index in [9.17, 15) is 0 Å². The van der Waals surface area contributed by atoms with Gasteiger partial charge in [0.15, 0.2) is 0 Å². The standard InChI is InChI=1S/C6H4BrCl.Mg.2H/c7-5-2-1-3-6(8)4-5;;;/h1-4H;;;/q;+2;2*-1. The van der Waals surface area contributed by atoms with Crippen LogP contribution in [0.3, 0.4) is 0 Å². The van der Waals surface area contributed by atoms with Crippen molar-refractivity contribution in [3.63, 3.8) is 0 Å². The Balaban J connectivity index is -0.000000213. The first-order chi connectivity index (χ1) is 3.79. The minimum absolute atomic E-state index is 0. The summed E-state index contributed by atoms with van der Waals surface area (Å²) in [6.45, 7) is 0. The van der Waals surface area contributed by atoms with Crippen molar-refractivity contribution in [2.24, 2.45) is 0 Å². The predicted octanol–water partition coefficient (Wildman–Crippen LogP) is 2.95. The molecule has 0 aliphatic rings. The van der Waals surface area contributed by atoms with Crippen LogP contribution in [0.2, 0.25) is 5.02 Å². The fourth-order valence-electron chi connectivity index (χ4n) is 0.460. The molecule has 0 fully saturated rings. The molecule has 0 saturated heterocycles. The van der Waals surface area contributed by atoms with Crippen LogP contribution in [0.15, 0.2) is 28.7 Å². The minimum atomic E-state index is 0. The SMILES string of the molecule is Clc1cccc(Br)c1.[H-].[H-].[Mg+2]. The Morgan fingerprint density at radius 1 is 1.44 bits per heavy atom. The Morgan fingerprint density at radius 3 is 2.44 bits per heavy atom. The van der Waals surface area contributed by atoms with Gasteiger partial charge >= 0.3 is 23.1 Å². The van der Waals surface area contributed by atoms with Crippen molar-refractivity contribution in [3.05, 3.63) is 33.8 Å². The van der Waals surface area contributed by atoms with E-state index < -0.39 is 0 Å². The van der Waals surface area contributed by atoms with E-state index in [0.717, 1.165) is 9.50 Å². The first kappa shape index (κ1) is 9.76. The zero-order valence-electron chi connectivity index (χ0n) is 6.77. The van der Waals surface area contributed by atoms with E-state index in [1.807, 2.05) is 24.3 Å². The van der Waals surface area contributed by atoms with Gasteiger partial charge in [-0.15, -0.1) is 0 Å². The number of hydrogen-bond acceptors (Lipinski definition) is 0. The molecule has 0 unspecified atom stereocenters. The summed E-state index contributed by atoms with van der Waals surface area (Å²) in [5, 5.41) is 0.763. The van der Waals surface area contributed by atoms with E-state index in [4.69, 9.17) is 11.6 Å².